The summed E-state index contributed by atoms with van der Waals surface area (Å²) in [6, 6.07) is 3.18. The van der Waals surface area contributed by atoms with Crippen molar-refractivity contribution in [2.24, 2.45) is 5.41 Å². The van der Waals surface area contributed by atoms with Gasteiger partial charge in [0.25, 0.3) is 5.91 Å². The average molecular weight is 336 g/mol. The number of hydrogen-bond acceptors (Lipinski definition) is 2. The lowest BCUT2D eigenvalue weighted by Crippen LogP contribution is -2.53. The maximum Gasteiger partial charge on any atom is 0.254 e. The summed E-state index contributed by atoms with van der Waals surface area (Å²) in [5.41, 5.74) is -0.122. The standard InChI is InChI=1S/C18H22F2N2O2/c1-18(6-2-3-7-18)17(24)22-10-8-21(9-11-22)16(23)13-4-5-14(19)15(20)12-13/h4-5,12H,2-3,6-11H2,1H3. The van der Waals surface area contributed by atoms with Gasteiger partial charge in [-0.2, -0.15) is 0 Å². The third-order valence-electron chi connectivity index (χ3n) is 5.24. The molecule has 2 aliphatic rings. The molecule has 0 spiro atoms. The highest BCUT2D eigenvalue weighted by Gasteiger charge is 2.40. The Morgan fingerprint density at radius 1 is 0.958 bits per heavy atom. The Labute approximate surface area is 140 Å². The minimum Gasteiger partial charge on any atom is -0.339 e. The minimum absolute atomic E-state index is 0.136. The maximum atomic E-state index is 13.3. The van der Waals surface area contributed by atoms with Gasteiger partial charge in [-0.3, -0.25) is 9.59 Å². The van der Waals surface area contributed by atoms with E-state index < -0.39 is 11.6 Å². The Balaban J connectivity index is 1.61. The van der Waals surface area contributed by atoms with Gasteiger partial charge < -0.3 is 9.80 Å². The predicted octanol–water partition coefficient (Wildman–Crippen LogP) is 2.83. The lowest BCUT2D eigenvalue weighted by atomic mass is 9.87. The normalized spacial score (nSPS) is 20.3. The first-order valence-electron chi connectivity index (χ1n) is 8.44. The van der Waals surface area contributed by atoms with Gasteiger partial charge in [-0.05, 0) is 31.0 Å². The van der Waals surface area contributed by atoms with Crippen LogP contribution in [0.1, 0.15) is 43.0 Å². The fourth-order valence-corrected chi connectivity index (χ4v) is 3.68. The molecule has 1 saturated carbocycles. The Kier molecular flexibility index (Phi) is 4.56. The molecule has 2 amide bonds. The molecule has 24 heavy (non-hydrogen) atoms. The van der Waals surface area contributed by atoms with Gasteiger partial charge in [-0.15, -0.1) is 0 Å². The van der Waals surface area contributed by atoms with Gasteiger partial charge in [0.15, 0.2) is 11.6 Å². The third-order valence-corrected chi connectivity index (χ3v) is 5.24. The molecule has 1 aromatic rings. The summed E-state index contributed by atoms with van der Waals surface area (Å²) in [7, 11) is 0. The number of amides is 2. The van der Waals surface area contributed by atoms with Gasteiger partial charge >= 0.3 is 0 Å². The van der Waals surface area contributed by atoms with Crippen LogP contribution in [0.4, 0.5) is 8.78 Å². The van der Waals surface area contributed by atoms with E-state index in [0.29, 0.717) is 26.2 Å². The second-order valence-corrected chi connectivity index (χ2v) is 6.98. The van der Waals surface area contributed by atoms with E-state index in [1.165, 1.54) is 6.07 Å². The zero-order chi connectivity index (χ0) is 17.3. The van der Waals surface area contributed by atoms with E-state index in [2.05, 4.69) is 0 Å². The topological polar surface area (TPSA) is 40.6 Å². The quantitative estimate of drug-likeness (QED) is 0.833. The number of carbonyl (C=O) groups excluding carboxylic acids is 2. The van der Waals surface area contributed by atoms with Crippen LogP contribution in [0, 0.1) is 17.0 Å². The Morgan fingerprint density at radius 3 is 2.12 bits per heavy atom. The molecule has 0 N–H and O–H groups in total. The van der Waals surface area contributed by atoms with E-state index in [-0.39, 0.29) is 22.8 Å². The van der Waals surface area contributed by atoms with Crippen LogP contribution in [-0.4, -0.2) is 47.8 Å². The first-order valence-corrected chi connectivity index (χ1v) is 8.44. The van der Waals surface area contributed by atoms with Crippen molar-refractivity contribution in [3.63, 3.8) is 0 Å². The van der Waals surface area contributed by atoms with E-state index in [4.69, 9.17) is 0 Å². The zero-order valence-electron chi connectivity index (χ0n) is 13.9. The molecule has 0 unspecified atom stereocenters. The van der Waals surface area contributed by atoms with Crippen LogP contribution >= 0.6 is 0 Å². The van der Waals surface area contributed by atoms with Crippen molar-refractivity contribution in [1.82, 2.24) is 9.80 Å². The van der Waals surface area contributed by atoms with Crippen molar-refractivity contribution in [3.8, 4) is 0 Å². The molecule has 1 aliphatic carbocycles. The molecule has 1 aliphatic heterocycles. The highest BCUT2D eigenvalue weighted by Crippen LogP contribution is 2.39. The average Bonchev–Trinajstić information content (AvgIpc) is 3.04. The molecule has 1 saturated heterocycles. The van der Waals surface area contributed by atoms with Crippen molar-refractivity contribution >= 4 is 11.8 Å². The molecule has 1 heterocycles. The van der Waals surface area contributed by atoms with Crippen LogP contribution in [0.25, 0.3) is 0 Å². The smallest absolute Gasteiger partial charge is 0.254 e. The number of halogens is 2. The number of hydrogen-bond donors (Lipinski definition) is 0. The lowest BCUT2D eigenvalue weighted by molar-refractivity contribution is -0.142. The van der Waals surface area contributed by atoms with Gasteiger partial charge in [-0.25, -0.2) is 8.78 Å². The van der Waals surface area contributed by atoms with Crippen LogP contribution in [0.2, 0.25) is 0 Å². The second-order valence-electron chi connectivity index (χ2n) is 6.98. The molecule has 4 nitrogen and oxygen atoms in total. The maximum absolute atomic E-state index is 13.3. The van der Waals surface area contributed by atoms with E-state index in [1.54, 1.807) is 4.90 Å². The predicted molar refractivity (Wildman–Crippen MR) is 85.4 cm³/mol. The van der Waals surface area contributed by atoms with Crippen LogP contribution in [0.5, 0.6) is 0 Å². The first kappa shape index (κ1) is 16.9. The molecule has 2 fully saturated rings. The van der Waals surface area contributed by atoms with Gasteiger partial charge in [0, 0.05) is 37.2 Å². The monoisotopic (exact) mass is 336 g/mol. The zero-order valence-corrected chi connectivity index (χ0v) is 13.9. The highest BCUT2D eigenvalue weighted by molar-refractivity contribution is 5.94. The Hall–Kier alpha value is -1.98. The summed E-state index contributed by atoms with van der Waals surface area (Å²) in [6.07, 6.45) is 4.05. The molecular weight excluding hydrogens is 314 g/mol. The SMILES string of the molecule is CC1(C(=O)N2CCN(C(=O)c3ccc(F)c(F)c3)CC2)CCCC1. The molecule has 1 aromatic carbocycles. The number of rotatable bonds is 2. The van der Waals surface area contributed by atoms with Crippen molar-refractivity contribution < 1.29 is 18.4 Å². The summed E-state index contributed by atoms with van der Waals surface area (Å²) >= 11 is 0. The van der Waals surface area contributed by atoms with Crippen molar-refractivity contribution in [1.29, 1.82) is 0 Å². The molecule has 6 heteroatoms. The summed E-state index contributed by atoms with van der Waals surface area (Å²) < 4.78 is 26.3. The van der Waals surface area contributed by atoms with Gasteiger partial charge in [0.2, 0.25) is 5.91 Å². The van der Waals surface area contributed by atoms with E-state index in [9.17, 15) is 18.4 Å². The van der Waals surface area contributed by atoms with E-state index in [1.807, 2.05) is 11.8 Å². The van der Waals surface area contributed by atoms with Gasteiger partial charge in [-0.1, -0.05) is 19.8 Å². The Morgan fingerprint density at radius 2 is 1.54 bits per heavy atom. The summed E-state index contributed by atoms with van der Waals surface area (Å²) in [4.78, 5) is 28.5. The summed E-state index contributed by atoms with van der Waals surface area (Å²) in [5.74, 6) is -2.14. The number of nitrogens with zero attached hydrogens (tertiary/aromatic N) is 2. The fraction of sp³-hybridized carbons (Fsp3) is 0.556. The molecule has 0 atom stereocenters. The van der Waals surface area contributed by atoms with Crippen LogP contribution in [0.15, 0.2) is 18.2 Å². The third kappa shape index (κ3) is 3.14. The van der Waals surface area contributed by atoms with E-state index in [0.717, 1.165) is 37.8 Å². The number of carbonyl (C=O) groups is 2. The molecule has 130 valence electrons. The van der Waals surface area contributed by atoms with Crippen LogP contribution in [-0.2, 0) is 4.79 Å². The first-order chi connectivity index (χ1) is 11.4. The Bertz CT molecular complexity index is 648. The van der Waals surface area contributed by atoms with Crippen molar-refractivity contribution in [3.05, 3.63) is 35.4 Å². The van der Waals surface area contributed by atoms with Crippen molar-refractivity contribution in [2.75, 3.05) is 26.2 Å². The highest BCUT2D eigenvalue weighted by atomic mass is 19.2. The number of benzene rings is 1. The fourth-order valence-electron chi connectivity index (χ4n) is 3.68. The largest absolute Gasteiger partial charge is 0.339 e. The molecular formula is C18H22F2N2O2. The van der Waals surface area contributed by atoms with Gasteiger partial charge in [0.1, 0.15) is 0 Å². The summed E-state index contributed by atoms with van der Waals surface area (Å²) in [6.45, 7) is 3.84. The second kappa shape index (κ2) is 6.49. The van der Waals surface area contributed by atoms with E-state index >= 15 is 0 Å². The molecule has 0 radical (unpaired) electrons. The number of piperazine rings is 1. The molecule has 0 bridgehead atoms. The minimum atomic E-state index is -1.02. The lowest BCUT2D eigenvalue weighted by Gasteiger charge is -2.38. The summed E-state index contributed by atoms with van der Waals surface area (Å²) in [5, 5.41) is 0. The molecule has 0 aromatic heterocycles. The molecule has 3 rings (SSSR count). The van der Waals surface area contributed by atoms with Crippen LogP contribution < -0.4 is 0 Å². The van der Waals surface area contributed by atoms with Crippen LogP contribution in [0.3, 0.4) is 0 Å². The van der Waals surface area contributed by atoms with Crippen molar-refractivity contribution in [2.45, 2.75) is 32.6 Å². The van der Waals surface area contributed by atoms with Gasteiger partial charge in [0.05, 0.1) is 0 Å².